The molecule has 0 saturated carbocycles. The van der Waals surface area contributed by atoms with Crippen LogP contribution in [0.3, 0.4) is 0 Å². The molecular formula is C25H29N3O3S. The Morgan fingerprint density at radius 2 is 1.72 bits per heavy atom. The maximum absolute atomic E-state index is 13.8. The molecule has 0 radical (unpaired) electrons. The van der Waals surface area contributed by atoms with Crippen LogP contribution < -0.4 is 9.04 Å². The molecule has 7 heteroatoms. The first-order valence-corrected chi connectivity index (χ1v) is 12.3. The molecule has 0 amide bonds. The molecule has 0 aliphatic carbocycles. The number of aryl methyl sites for hydroxylation is 1. The van der Waals surface area contributed by atoms with E-state index in [2.05, 4.69) is 9.88 Å². The maximum atomic E-state index is 13.8. The molecule has 1 saturated heterocycles. The van der Waals surface area contributed by atoms with Crippen molar-refractivity contribution in [1.82, 2.24) is 9.88 Å². The van der Waals surface area contributed by atoms with Crippen molar-refractivity contribution in [2.24, 2.45) is 0 Å². The van der Waals surface area contributed by atoms with E-state index in [1.165, 1.54) is 5.56 Å². The third-order valence-electron chi connectivity index (χ3n) is 5.93. The van der Waals surface area contributed by atoms with Gasteiger partial charge in [0.2, 0.25) is 0 Å². The highest BCUT2D eigenvalue weighted by Gasteiger charge is 2.34. The van der Waals surface area contributed by atoms with E-state index in [1.54, 1.807) is 42.0 Å². The Morgan fingerprint density at radius 1 is 1.03 bits per heavy atom. The van der Waals surface area contributed by atoms with Crippen molar-refractivity contribution >= 4 is 15.7 Å². The van der Waals surface area contributed by atoms with Crippen molar-refractivity contribution in [3.05, 3.63) is 84.2 Å². The summed E-state index contributed by atoms with van der Waals surface area (Å²) in [7, 11) is -2.13. The number of ether oxygens (including phenoxy) is 1. The molecule has 0 unspecified atom stereocenters. The van der Waals surface area contributed by atoms with Crippen LogP contribution in [0.5, 0.6) is 5.75 Å². The molecule has 3 aromatic rings. The van der Waals surface area contributed by atoms with Gasteiger partial charge in [-0.25, -0.2) is 8.42 Å². The fourth-order valence-corrected chi connectivity index (χ4v) is 5.88. The number of benzene rings is 2. The van der Waals surface area contributed by atoms with E-state index in [-0.39, 0.29) is 6.04 Å². The Labute approximate surface area is 190 Å². The van der Waals surface area contributed by atoms with Gasteiger partial charge in [0.05, 0.1) is 17.7 Å². The smallest absolute Gasteiger partial charge is 0.264 e. The van der Waals surface area contributed by atoms with Crippen LogP contribution in [0.25, 0.3) is 0 Å². The Hall–Kier alpha value is -2.90. The lowest BCUT2D eigenvalue weighted by atomic mass is 10.0. The minimum absolute atomic E-state index is 0.123. The first-order valence-electron chi connectivity index (χ1n) is 10.8. The summed E-state index contributed by atoms with van der Waals surface area (Å²) in [5.74, 6) is 0.640. The number of pyridine rings is 1. The Bertz CT molecular complexity index is 1130. The fraction of sp³-hybridized carbons (Fsp3) is 0.320. The quantitative estimate of drug-likeness (QED) is 0.537. The van der Waals surface area contributed by atoms with Crippen LogP contribution in [0.2, 0.25) is 0 Å². The van der Waals surface area contributed by atoms with Crippen LogP contribution in [0.15, 0.2) is 78.0 Å². The number of hydrogen-bond donors (Lipinski definition) is 0. The van der Waals surface area contributed by atoms with Gasteiger partial charge in [-0.2, -0.15) is 0 Å². The van der Waals surface area contributed by atoms with Gasteiger partial charge in [0, 0.05) is 44.1 Å². The monoisotopic (exact) mass is 451 g/mol. The average molecular weight is 452 g/mol. The predicted octanol–water partition coefficient (Wildman–Crippen LogP) is 4.26. The number of anilines is 1. The molecule has 1 aromatic heterocycles. The predicted molar refractivity (Wildman–Crippen MR) is 126 cm³/mol. The second kappa shape index (κ2) is 9.71. The highest BCUT2D eigenvalue weighted by Crippen LogP contribution is 2.32. The minimum Gasteiger partial charge on any atom is -0.497 e. The van der Waals surface area contributed by atoms with Crippen molar-refractivity contribution in [3.8, 4) is 5.75 Å². The number of aromatic nitrogens is 1. The summed E-state index contributed by atoms with van der Waals surface area (Å²) in [6.45, 7) is 4.46. The molecule has 0 spiro atoms. The lowest BCUT2D eigenvalue weighted by molar-refractivity contribution is 0.206. The first-order chi connectivity index (χ1) is 15.5. The van der Waals surface area contributed by atoms with Crippen molar-refractivity contribution in [3.63, 3.8) is 0 Å². The highest BCUT2D eigenvalue weighted by molar-refractivity contribution is 7.92. The van der Waals surface area contributed by atoms with Gasteiger partial charge in [-0.3, -0.25) is 14.2 Å². The average Bonchev–Trinajstić information content (AvgIpc) is 2.81. The number of sulfonamides is 1. The molecule has 2 aromatic carbocycles. The van der Waals surface area contributed by atoms with Crippen LogP contribution in [-0.4, -0.2) is 44.5 Å². The summed E-state index contributed by atoms with van der Waals surface area (Å²) >= 11 is 0. The van der Waals surface area contributed by atoms with E-state index in [4.69, 9.17) is 4.74 Å². The van der Waals surface area contributed by atoms with Gasteiger partial charge in [-0.1, -0.05) is 23.8 Å². The normalized spacial score (nSPS) is 15.4. The van der Waals surface area contributed by atoms with E-state index in [0.717, 1.165) is 38.0 Å². The molecule has 1 fully saturated rings. The topological polar surface area (TPSA) is 62.7 Å². The molecule has 168 valence electrons. The molecule has 0 atom stereocenters. The van der Waals surface area contributed by atoms with E-state index in [1.807, 2.05) is 49.4 Å². The van der Waals surface area contributed by atoms with Gasteiger partial charge in [0.25, 0.3) is 10.0 Å². The van der Waals surface area contributed by atoms with Gasteiger partial charge < -0.3 is 4.74 Å². The molecule has 2 heterocycles. The van der Waals surface area contributed by atoms with Crippen LogP contribution in [0, 0.1) is 6.92 Å². The van der Waals surface area contributed by atoms with Gasteiger partial charge in [-0.15, -0.1) is 0 Å². The van der Waals surface area contributed by atoms with E-state index < -0.39 is 10.0 Å². The molecule has 0 N–H and O–H groups in total. The van der Waals surface area contributed by atoms with E-state index in [0.29, 0.717) is 16.3 Å². The number of rotatable bonds is 7. The number of likely N-dealkylation sites (tertiary alicyclic amines) is 1. The van der Waals surface area contributed by atoms with Crippen LogP contribution in [0.4, 0.5) is 5.69 Å². The molecule has 0 bridgehead atoms. The number of hydrogen-bond acceptors (Lipinski definition) is 5. The standard InChI is InChI=1S/C25H29N3O3S/c1-20-6-8-25(9-7-20)32(29,30)28(23-4-3-5-24(18-23)31-2)22-12-16-27(17-13-22)19-21-10-14-26-15-11-21/h3-11,14-15,18,22H,12-13,16-17,19H2,1-2H3. The Morgan fingerprint density at radius 3 is 2.38 bits per heavy atom. The second-order valence-corrected chi connectivity index (χ2v) is 9.99. The largest absolute Gasteiger partial charge is 0.497 e. The summed E-state index contributed by atoms with van der Waals surface area (Å²) in [5, 5.41) is 0. The van der Waals surface area contributed by atoms with Gasteiger partial charge >= 0.3 is 0 Å². The Balaban J connectivity index is 1.60. The van der Waals surface area contributed by atoms with E-state index >= 15 is 0 Å². The van der Waals surface area contributed by atoms with Gasteiger partial charge in [0.15, 0.2) is 0 Å². The van der Waals surface area contributed by atoms with Crippen LogP contribution in [-0.2, 0) is 16.6 Å². The SMILES string of the molecule is COc1cccc(N(C2CCN(Cc3ccncc3)CC2)S(=O)(=O)c2ccc(C)cc2)c1. The molecule has 4 rings (SSSR count). The molecular weight excluding hydrogens is 422 g/mol. The molecule has 32 heavy (non-hydrogen) atoms. The minimum atomic E-state index is -3.72. The lowest BCUT2D eigenvalue weighted by Gasteiger charge is -2.39. The molecule has 6 nitrogen and oxygen atoms in total. The molecule has 1 aliphatic rings. The van der Waals surface area contributed by atoms with Crippen molar-refractivity contribution < 1.29 is 13.2 Å². The number of piperidine rings is 1. The van der Waals surface area contributed by atoms with Gasteiger partial charge in [-0.05, 0) is 61.7 Å². The maximum Gasteiger partial charge on any atom is 0.264 e. The highest BCUT2D eigenvalue weighted by atomic mass is 32.2. The summed E-state index contributed by atoms with van der Waals surface area (Å²) in [5.41, 5.74) is 2.88. The fourth-order valence-electron chi connectivity index (χ4n) is 4.18. The van der Waals surface area contributed by atoms with Crippen LogP contribution >= 0.6 is 0 Å². The number of methoxy groups -OCH3 is 1. The summed E-state index contributed by atoms with van der Waals surface area (Å²) in [6.07, 6.45) is 5.13. The third kappa shape index (κ3) is 4.95. The second-order valence-electron chi connectivity index (χ2n) is 8.18. The Kier molecular flexibility index (Phi) is 6.77. The summed E-state index contributed by atoms with van der Waals surface area (Å²) in [6, 6.07) is 18.3. The summed E-state index contributed by atoms with van der Waals surface area (Å²) in [4.78, 5) is 6.76. The van der Waals surface area contributed by atoms with E-state index in [9.17, 15) is 8.42 Å². The van der Waals surface area contributed by atoms with Crippen LogP contribution in [0.1, 0.15) is 24.0 Å². The zero-order valence-electron chi connectivity index (χ0n) is 18.5. The number of nitrogens with zero attached hydrogens (tertiary/aromatic N) is 3. The van der Waals surface area contributed by atoms with Crippen molar-refractivity contribution in [2.75, 3.05) is 24.5 Å². The summed E-state index contributed by atoms with van der Waals surface area (Å²) < 4.78 is 34.5. The zero-order chi connectivity index (χ0) is 22.6. The first kappa shape index (κ1) is 22.3. The third-order valence-corrected chi connectivity index (χ3v) is 7.82. The van der Waals surface area contributed by atoms with Gasteiger partial charge in [0.1, 0.15) is 5.75 Å². The lowest BCUT2D eigenvalue weighted by Crippen LogP contribution is -2.47. The molecule has 1 aliphatic heterocycles. The van der Waals surface area contributed by atoms with Crippen molar-refractivity contribution in [2.45, 2.75) is 37.2 Å². The zero-order valence-corrected chi connectivity index (χ0v) is 19.3. The van der Waals surface area contributed by atoms with Crippen molar-refractivity contribution in [1.29, 1.82) is 0 Å².